The molecule has 1 atom stereocenters. The largest absolute Gasteiger partial charge is 0.350 e. The van der Waals surface area contributed by atoms with E-state index in [2.05, 4.69) is 17.2 Å². The van der Waals surface area contributed by atoms with E-state index in [1.807, 2.05) is 37.3 Å². The summed E-state index contributed by atoms with van der Waals surface area (Å²) in [5.41, 5.74) is 3.49. The van der Waals surface area contributed by atoms with Gasteiger partial charge in [0.05, 0.1) is 0 Å². The highest BCUT2D eigenvalue weighted by Crippen LogP contribution is 2.31. The van der Waals surface area contributed by atoms with Crippen LogP contribution in [0.3, 0.4) is 0 Å². The lowest BCUT2D eigenvalue weighted by Gasteiger charge is -2.24. The predicted octanol–water partition coefficient (Wildman–Crippen LogP) is 3.14. The molecular formula is C21H21N3O2. The van der Waals surface area contributed by atoms with Gasteiger partial charge in [0.1, 0.15) is 11.2 Å². The molecule has 2 aromatic heterocycles. The van der Waals surface area contributed by atoms with Crippen molar-refractivity contribution in [2.75, 3.05) is 6.54 Å². The minimum absolute atomic E-state index is 0.198. The SMILES string of the molecule is Cc1ccc(-c2c3n(c(=O)c4ncccc24)CCC(C)CNC3=O)cc1. The number of hydrogen-bond acceptors (Lipinski definition) is 3. The van der Waals surface area contributed by atoms with Gasteiger partial charge in [0.2, 0.25) is 0 Å². The number of amides is 1. The second-order valence-electron chi connectivity index (χ2n) is 7.05. The normalized spacial score (nSPS) is 17.3. The van der Waals surface area contributed by atoms with Crippen molar-refractivity contribution in [2.45, 2.75) is 26.8 Å². The molecule has 3 heterocycles. The Balaban J connectivity index is 2.12. The van der Waals surface area contributed by atoms with Crippen molar-refractivity contribution in [3.05, 3.63) is 64.2 Å². The van der Waals surface area contributed by atoms with Crippen molar-refractivity contribution in [3.63, 3.8) is 0 Å². The van der Waals surface area contributed by atoms with E-state index in [1.165, 1.54) is 0 Å². The quantitative estimate of drug-likeness (QED) is 0.735. The Kier molecular flexibility index (Phi) is 4.07. The average Bonchev–Trinajstić information content (AvgIpc) is 2.65. The highest BCUT2D eigenvalue weighted by atomic mass is 16.2. The highest BCUT2D eigenvalue weighted by molar-refractivity contribution is 6.07. The minimum Gasteiger partial charge on any atom is -0.350 e. The first kappa shape index (κ1) is 16.5. The Labute approximate surface area is 151 Å². The number of nitrogens with zero attached hydrogens (tertiary/aromatic N) is 2. The summed E-state index contributed by atoms with van der Waals surface area (Å²) in [7, 11) is 0. The number of benzene rings is 1. The van der Waals surface area contributed by atoms with E-state index >= 15 is 0 Å². The molecule has 1 N–H and O–H groups in total. The first-order valence-corrected chi connectivity index (χ1v) is 8.93. The molecule has 0 saturated carbocycles. The monoisotopic (exact) mass is 347 g/mol. The summed E-state index contributed by atoms with van der Waals surface area (Å²) in [4.78, 5) is 30.3. The van der Waals surface area contributed by atoms with E-state index in [1.54, 1.807) is 16.8 Å². The summed E-state index contributed by atoms with van der Waals surface area (Å²) < 4.78 is 1.61. The summed E-state index contributed by atoms with van der Waals surface area (Å²) in [5.74, 6) is 0.122. The number of aromatic nitrogens is 2. The molecular weight excluding hydrogens is 326 g/mol. The zero-order chi connectivity index (χ0) is 18.3. The summed E-state index contributed by atoms with van der Waals surface area (Å²) in [6, 6.07) is 11.7. The van der Waals surface area contributed by atoms with Crippen LogP contribution in [0.15, 0.2) is 47.4 Å². The van der Waals surface area contributed by atoms with E-state index in [4.69, 9.17) is 0 Å². The first-order chi connectivity index (χ1) is 12.6. The molecule has 0 spiro atoms. The van der Waals surface area contributed by atoms with Gasteiger partial charge in [0.15, 0.2) is 0 Å². The molecule has 1 unspecified atom stereocenters. The fourth-order valence-corrected chi connectivity index (χ4v) is 3.53. The molecule has 26 heavy (non-hydrogen) atoms. The molecule has 5 nitrogen and oxygen atoms in total. The maximum absolute atomic E-state index is 13.0. The van der Waals surface area contributed by atoms with Crippen molar-refractivity contribution in [3.8, 4) is 11.1 Å². The van der Waals surface area contributed by atoms with Gasteiger partial charge >= 0.3 is 0 Å². The lowest BCUT2D eigenvalue weighted by molar-refractivity contribution is 0.0930. The standard InChI is InChI=1S/C21H21N3O2/c1-13-5-7-15(8-6-13)17-16-4-3-10-22-18(16)21(26)24-11-9-14(2)12-23-20(25)19(17)24/h3-8,10,14H,9,11-12H2,1-2H3,(H,23,25). The Bertz CT molecular complexity index is 1050. The van der Waals surface area contributed by atoms with Gasteiger partial charge in [-0.1, -0.05) is 42.8 Å². The summed E-state index contributed by atoms with van der Waals surface area (Å²) in [6.45, 7) is 5.24. The number of fused-ring (bicyclic) bond motifs is 2. The summed E-state index contributed by atoms with van der Waals surface area (Å²) in [6.07, 6.45) is 2.46. The topological polar surface area (TPSA) is 64.0 Å². The van der Waals surface area contributed by atoms with Crippen LogP contribution in [-0.2, 0) is 6.54 Å². The lowest BCUT2D eigenvalue weighted by atomic mass is 9.96. The number of hydrogen-bond donors (Lipinski definition) is 1. The van der Waals surface area contributed by atoms with E-state index in [9.17, 15) is 9.59 Å². The fourth-order valence-electron chi connectivity index (χ4n) is 3.53. The highest BCUT2D eigenvalue weighted by Gasteiger charge is 2.25. The molecule has 3 aromatic rings. The van der Waals surface area contributed by atoms with Crippen LogP contribution in [0.25, 0.3) is 22.0 Å². The predicted molar refractivity (Wildman–Crippen MR) is 102 cm³/mol. The van der Waals surface area contributed by atoms with Gasteiger partial charge in [0.25, 0.3) is 11.5 Å². The Morgan fingerprint density at radius 1 is 1.15 bits per heavy atom. The Morgan fingerprint density at radius 2 is 1.92 bits per heavy atom. The maximum atomic E-state index is 13.0. The lowest BCUT2D eigenvalue weighted by Crippen LogP contribution is -2.38. The molecule has 4 rings (SSSR count). The molecule has 1 aromatic carbocycles. The Hall–Kier alpha value is -2.95. The van der Waals surface area contributed by atoms with Gasteiger partial charge in [-0.3, -0.25) is 14.6 Å². The van der Waals surface area contributed by atoms with E-state index < -0.39 is 0 Å². The number of carbonyl (C=O) groups excluding carboxylic acids is 1. The van der Waals surface area contributed by atoms with Crippen molar-refractivity contribution < 1.29 is 4.79 Å². The fraction of sp³-hybridized carbons (Fsp3) is 0.286. The van der Waals surface area contributed by atoms with Gasteiger partial charge in [-0.25, -0.2) is 0 Å². The van der Waals surface area contributed by atoms with Gasteiger partial charge < -0.3 is 9.88 Å². The number of pyridine rings is 2. The van der Waals surface area contributed by atoms with Crippen LogP contribution in [0.4, 0.5) is 0 Å². The third-order valence-corrected chi connectivity index (χ3v) is 5.04. The van der Waals surface area contributed by atoms with Crippen LogP contribution in [0.1, 0.15) is 29.4 Å². The van der Waals surface area contributed by atoms with Crippen molar-refractivity contribution >= 4 is 16.8 Å². The molecule has 0 fully saturated rings. The van der Waals surface area contributed by atoms with E-state index in [-0.39, 0.29) is 11.5 Å². The number of nitrogens with one attached hydrogen (secondary N) is 1. The number of carbonyl (C=O) groups is 1. The smallest absolute Gasteiger partial charge is 0.277 e. The molecule has 1 aliphatic rings. The first-order valence-electron chi connectivity index (χ1n) is 8.93. The maximum Gasteiger partial charge on any atom is 0.277 e. The molecule has 132 valence electrons. The number of rotatable bonds is 1. The second-order valence-corrected chi connectivity index (χ2v) is 7.05. The zero-order valence-corrected chi connectivity index (χ0v) is 15.0. The van der Waals surface area contributed by atoms with Gasteiger partial charge in [-0.05, 0) is 30.9 Å². The molecule has 0 bridgehead atoms. The Morgan fingerprint density at radius 3 is 2.69 bits per heavy atom. The molecule has 0 saturated heterocycles. The molecule has 1 amide bonds. The van der Waals surface area contributed by atoms with Crippen molar-refractivity contribution in [2.24, 2.45) is 5.92 Å². The molecule has 0 aliphatic carbocycles. The number of aryl methyl sites for hydroxylation is 1. The third-order valence-electron chi connectivity index (χ3n) is 5.04. The van der Waals surface area contributed by atoms with Crippen LogP contribution < -0.4 is 10.9 Å². The van der Waals surface area contributed by atoms with Crippen LogP contribution in [0.2, 0.25) is 0 Å². The second kappa shape index (κ2) is 6.41. The average molecular weight is 347 g/mol. The van der Waals surface area contributed by atoms with Crippen molar-refractivity contribution in [1.29, 1.82) is 0 Å². The van der Waals surface area contributed by atoms with Crippen LogP contribution in [0.5, 0.6) is 0 Å². The van der Waals surface area contributed by atoms with Crippen LogP contribution in [0, 0.1) is 12.8 Å². The van der Waals surface area contributed by atoms with E-state index in [0.717, 1.165) is 28.5 Å². The van der Waals surface area contributed by atoms with Crippen LogP contribution >= 0.6 is 0 Å². The molecule has 0 radical (unpaired) electrons. The third kappa shape index (κ3) is 2.69. The molecule has 5 heteroatoms. The molecule has 1 aliphatic heterocycles. The summed E-state index contributed by atoms with van der Waals surface area (Å²) >= 11 is 0. The van der Waals surface area contributed by atoms with Crippen molar-refractivity contribution in [1.82, 2.24) is 14.9 Å². The van der Waals surface area contributed by atoms with E-state index in [0.29, 0.717) is 30.2 Å². The zero-order valence-electron chi connectivity index (χ0n) is 15.0. The van der Waals surface area contributed by atoms with Gasteiger partial charge in [-0.2, -0.15) is 0 Å². The van der Waals surface area contributed by atoms with Gasteiger partial charge in [-0.15, -0.1) is 0 Å². The van der Waals surface area contributed by atoms with Gasteiger partial charge in [0, 0.05) is 30.2 Å². The summed E-state index contributed by atoms with van der Waals surface area (Å²) in [5, 5.41) is 3.70. The minimum atomic E-state index is -0.199. The van der Waals surface area contributed by atoms with Crippen LogP contribution in [-0.4, -0.2) is 22.0 Å².